The van der Waals surface area contributed by atoms with E-state index < -0.39 is 10.0 Å². The number of H-pyrrole nitrogens is 1. The van der Waals surface area contributed by atoms with Crippen LogP contribution in [0.25, 0.3) is 22.1 Å². The van der Waals surface area contributed by atoms with Crippen molar-refractivity contribution < 1.29 is 8.42 Å². The van der Waals surface area contributed by atoms with Crippen LogP contribution in [0.5, 0.6) is 0 Å². The first-order valence-electron chi connectivity index (χ1n) is 10.1. The van der Waals surface area contributed by atoms with Gasteiger partial charge in [0.15, 0.2) is 0 Å². The molecule has 162 valence electrons. The van der Waals surface area contributed by atoms with E-state index in [9.17, 15) is 13.2 Å². The second kappa shape index (κ2) is 7.22. The van der Waals surface area contributed by atoms with Crippen LogP contribution in [0, 0.1) is 6.92 Å². The van der Waals surface area contributed by atoms with Crippen LogP contribution >= 0.6 is 11.6 Å². The summed E-state index contributed by atoms with van der Waals surface area (Å²) in [6.45, 7) is 2.34. The summed E-state index contributed by atoms with van der Waals surface area (Å²) in [5.74, 6) is 0. The van der Waals surface area contributed by atoms with Gasteiger partial charge in [0.25, 0.3) is 0 Å². The monoisotopic (exact) mass is 459 g/mol. The quantitative estimate of drug-likeness (QED) is 0.509. The van der Waals surface area contributed by atoms with Crippen molar-refractivity contribution in [1.82, 2.24) is 23.4 Å². The zero-order valence-electron chi connectivity index (χ0n) is 17.2. The number of hydrogen-bond donors (Lipinski definition) is 1. The molecule has 4 heterocycles. The molecule has 0 amide bonds. The molecule has 3 aromatic heterocycles. The summed E-state index contributed by atoms with van der Waals surface area (Å²) in [6, 6.07) is 6.53. The first kappa shape index (κ1) is 20.3. The normalized spacial score (nSPS) is 18.2. The highest BCUT2D eigenvalue weighted by Gasteiger charge is 2.34. The standard InChI is InChI=1S/C21H22ClN5O3S/c1-13-16(22)6-3-7-18(13)31(29,30)26-10-4-5-14(12-26)27-19-15-8-9-23-20(15)24-11-17(19)25(2)21(27)28/h3,6-9,11,14H,4-5,10,12H2,1-2H3,(H,23,24)/t14-/m1/s1. The molecule has 1 N–H and O–H groups in total. The maximum Gasteiger partial charge on any atom is 0.329 e. The highest BCUT2D eigenvalue weighted by atomic mass is 35.5. The molecule has 0 saturated carbocycles. The van der Waals surface area contributed by atoms with E-state index in [2.05, 4.69) is 9.97 Å². The van der Waals surface area contributed by atoms with Crippen molar-refractivity contribution in [1.29, 1.82) is 0 Å². The SMILES string of the molecule is Cc1c(Cl)cccc1S(=O)(=O)N1CCC[C@@H](n2c(=O)n(C)c3cnc4[nH]ccc4c32)C1. The third-order valence-corrected chi connectivity index (χ3v) is 8.61. The van der Waals surface area contributed by atoms with Crippen LogP contribution in [0.3, 0.4) is 0 Å². The average molecular weight is 460 g/mol. The second-order valence-electron chi connectivity index (χ2n) is 7.97. The Morgan fingerprint density at radius 3 is 2.87 bits per heavy atom. The minimum atomic E-state index is -3.74. The summed E-state index contributed by atoms with van der Waals surface area (Å²) in [7, 11) is -2.02. The summed E-state index contributed by atoms with van der Waals surface area (Å²) in [6.07, 6.45) is 4.85. The largest absolute Gasteiger partial charge is 0.346 e. The molecule has 1 atom stereocenters. The highest BCUT2D eigenvalue weighted by molar-refractivity contribution is 7.89. The highest BCUT2D eigenvalue weighted by Crippen LogP contribution is 2.32. The van der Waals surface area contributed by atoms with Crippen LogP contribution in [0.2, 0.25) is 5.02 Å². The topological polar surface area (TPSA) is 93.0 Å². The Labute approximate surface area is 184 Å². The Balaban J connectivity index is 1.61. The Morgan fingerprint density at radius 1 is 1.26 bits per heavy atom. The van der Waals surface area contributed by atoms with Gasteiger partial charge >= 0.3 is 5.69 Å². The van der Waals surface area contributed by atoms with Crippen molar-refractivity contribution in [3.8, 4) is 0 Å². The van der Waals surface area contributed by atoms with Gasteiger partial charge in [-0.05, 0) is 43.5 Å². The number of fused-ring (bicyclic) bond motifs is 3. The molecule has 1 aliphatic heterocycles. The average Bonchev–Trinajstić information content (AvgIpc) is 3.33. The van der Waals surface area contributed by atoms with Crippen molar-refractivity contribution in [3.05, 3.63) is 57.7 Å². The zero-order chi connectivity index (χ0) is 21.9. The van der Waals surface area contributed by atoms with Crippen LogP contribution in [0.4, 0.5) is 0 Å². The van der Waals surface area contributed by atoms with Gasteiger partial charge < -0.3 is 4.98 Å². The van der Waals surface area contributed by atoms with Crippen LogP contribution < -0.4 is 5.69 Å². The molecule has 31 heavy (non-hydrogen) atoms. The number of aromatic amines is 1. The van der Waals surface area contributed by atoms with Gasteiger partial charge in [-0.25, -0.2) is 18.2 Å². The van der Waals surface area contributed by atoms with Gasteiger partial charge in [-0.1, -0.05) is 17.7 Å². The van der Waals surface area contributed by atoms with Crippen molar-refractivity contribution in [2.45, 2.75) is 30.7 Å². The molecule has 0 unspecified atom stereocenters. The number of piperidine rings is 1. The summed E-state index contributed by atoms with van der Waals surface area (Å²) >= 11 is 6.18. The molecule has 1 aliphatic rings. The van der Waals surface area contributed by atoms with Gasteiger partial charge in [0.05, 0.1) is 28.2 Å². The number of pyridine rings is 1. The number of sulfonamides is 1. The Morgan fingerprint density at radius 2 is 2.06 bits per heavy atom. The molecule has 5 rings (SSSR count). The van der Waals surface area contributed by atoms with E-state index in [1.54, 1.807) is 53.7 Å². The minimum Gasteiger partial charge on any atom is -0.346 e. The molecule has 0 bridgehead atoms. The zero-order valence-corrected chi connectivity index (χ0v) is 18.7. The molecule has 8 nitrogen and oxygen atoms in total. The first-order chi connectivity index (χ1) is 14.8. The van der Waals surface area contributed by atoms with Gasteiger partial charge in [0, 0.05) is 36.7 Å². The number of aromatic nitrogens is 4. The van der Waals surface area contributed by atoms with Crippen LogP contribution in [0.1, 0.15) is 24.4 Å². The number of hydrogen-bond acceptors (Lipinski definition) is 4. The number of aryl methyl sites for hydroxylation is 1. The maximum absolute atomic E-state index is 13.4. The third-order valence-electron chi connectivity index (χ3n) is 6.19. The Bertz CT molecular complexity index is 1480. The predicted molar refractivity (Wildman–Crippen MR) is 120 cm³/mol. The smallest absolute Gasteiger partial charge is 0.329 e. The van der Waals surface area contributed by atoms with Gasteiger partial charge in [-0.2, -0.15) is 4.31 Å². The van der Waals surface area contributed by atoms with Crippen molar-refractivity contribution in [3.63, 3.8) is 0 Å². The first-order valence-corrected chi connectivity index (χ1v) is 11.9. The Kier molecular flexibility index (Phi) is 4.72. The van der Waals surface area contributed by atoms with Crippen LogP contribution in [0.15, 0.2) is 46.3 Å². The number of nitrogens with zero attached hydrogens (tertiary/aromatic N) is 4. The fraction of sp³-hybridized carbons (Fsp3) is 0.333. The lowest BCUT2D eigenvalue weighted by Gasteiger charge is -2.33. The summed E-state index contributed by atoms with van der Waals surface area (Å²) < 4.78 is 31.6. The van der Waals surface area contributed by atoms with E-state index in [0.29, 0.717) is 35.6 Å². The van der Waals surface area contributed by atoms with Crippen LogP contribution in [-0.2, 0) is 17.1 Å². The fourth-order valence-electron chi connectivity index (χ4n) is 4.54. The van der Waals surface area contributed by atoms with E-state index in [4.69, 9.17) is 11.6 Å². The van der Waals surface area contributed by atoms with Crippen molar-refractivity contribution in [2.24, 2.45) is 7.05 Å². The lowest BCUT2D eigenvalue weighted by atomic mass is 10.1. The third kappa shape index (κ3) is 3.02. The lowest BCUT2D eigenvalue weighted by molar-refractivity contribution is 0.266. The number of rotatable bonds is 3. The molecule has 1 fully saturated rings. The molecular formula is C21H22ClN5O3S. The molecule has 1 saturated heterocycles. The number of imidazole rings is 1. The minimum absolute atomic E-state index is 0.173. The van der Waals surface area contributed by atoms with Gasteiger partial charge in [-0.15, -0.1) is 0 Å². The molecule has 1 aromatic carbocycles. The lowest BCUT2D eigenvalue weighted by Crippen LogP contribution is -2.43. The molecule has 4 aromatic rings. The molecule has 0 aliphatic carbocycles. The summed E-state index contributed by atoms with van der Waals surface area (Å²) in [5.41, 5.74) is 2.56. The summed E-state index contributed by atoms with van der Waals surface area (Å²) in [4.78, 5) is 20.9. The molecular weight excluding hydrogens is 438 g/mol. The van der Waals surface area contributed by atoms with Gasteiger partial charge in [0.2, 0.25) is 10.0 Å². The second-order valence-corrected chi connectivity index (χ2v) is 10.3. The van der Waals surface area contributed by atoms with Crippen LogP contribution in [-0.4, -0.2) is 44.9 Å². The van der Waals surface area contributed by atoms with Gasteiger partial charge in [0.1, 0.15) is 5.65 Å². The van der Waals surface area contributed by atoms with E-state index >= 15 is 0 Å². The van der Waals surface area contributed by atoms with Crippen molar-refractivity contribution >= 4 is 43.7 Å². The van der Waals surface area contributed by atoms with E-state index in [-0.39, 0.29) is 23.2 Å². The Hall–Kier alpha value is -2.62. The number of benzene rings is 1. The fourth-order valence-corrected chi connectivity index (χ4v) is 6.53. The maximum atomic E-state index is 13.4. The number of halogens is 1. The van der Waals surface area contributed by atoms with Gasteiger partial charge in [-0.3, -0.25) is 9.13 Å². The van der Waals surface area contributed by atoms with E-state index in [1.165, 1.54) is 4.31 Å². The molecule has 10 heteroatoms. The molecule has 0 radical (unpaired) electrons. The molecule has 0 spiro atoms. The van der Waals surface area contributed by atoms with E-state index in [1.807, 2.05) is 6.07 Å². The predicted octanol–water partition coefficient (Wildman–Crippen LogP) is 3.20. The summed E-state index contributed by atoms with van der Waals surface area (Å²) in [5, 5.41) is 1.27. The van der Waals surface area contributed by atoms with Crippen molar-refractivity contribution in [2.75, 3.05) is 13.1 Å². The number of nitrogens with one attached hydrogen (secondary N) is 1. The van der Waals surface area contributed by atoms with E-state index in [0.717, 1.165) is 16.4 Å².